The fourth-order valence-corrected chi connectivity index (χ4v) is 4.12. The number of ether oxygens (including phenoxy) is 2. The summed E-state index contributed by atoms with van der Waals surface area (Å²) in [6.45, 7) is 2.31. The minimum absolute atomic E-state index is 0.0712. The molecule has 0 saturated carbocycles. The van der Waals surface area contributed by atoms with Crippen LogP contribution < -0.4 is 9.46 Å². The summed E-state index contributed by atoms with van der Waals surface area (Å²) in [6.07, 6.45) is 0.436. The van der Waals surface area contributed by atoms with Crippen molar-refractivity contribution in [1.29, 1.82) is 0 Å². The maximum Gasteiger partial charge on any atom is 0.306 e. The molecule has 8 nitrogen and oxygen atoms in total. The van der Waals surface area contributed by atoms with Gasteiger partial charge in [0.15, 0.2) is 12.4 Å². The lowest BCUT2D eigenvalue weighted by molar-refractivity contribution is -0.142. The van der Waals surface area contributed by atoms with Crippen molar-refractivity contribution in [3.05, 3.63) is 59.7 Å². The second-order valence-corrected chi connectivity index (χ2v) is 8.13. The number of sulfonamides is 1. The number of esters is 1. The maximum atomic E-state index is 12.1. The van der Waals surface area contributed by atoms with Gasteiger partial charge in [-0.1, -0.05) is 12.1 Å². The van der Waals surface area contributed by atoms with Gasteiger partial charge in [0.25, 0.3) is 10.0 Å². The Kier molecular flexibility index (Phi) is 6.83. The van der Waals surface area contributed by atoms with Crippen LogP contribution in [0.4, 0.5) is 0 Å². The summed E-state index contributed by atoms with van der Waals surface area (Å²) < 4.78 is 36.8. The van der Waals surface area contributed by atoms with Crippen LogP contribution in [-0.2, 0) is 19.6 Å². The molecule has 158 valence electrons. The summed E-state index contributed by atoms with van der Waals surface area (Å²) in [4.78, 5) is 28.4. The first kappa shape index (κ1) is 21.5. The molecule has 0 unspecified atom stereocenters. The van der Waals surface area contributed by atoms with Crippen LogP contribution in [0.3, 0.4) is 0 Å². The highest BCUT2D eigenvalue weighted by atomic mass is 32.2. The van der Waals surface area contributed by atoms with Gasteiger partial charge in [0.2, 0.25) is 0 Å². The largest absolute Gasteiger partial charge is 0.494 e. The van der Waals surface area contributed by atoms with E-state index in [0.29, 0.717) is 29.9 Å². The van der Waals surface area contributed by atoms with Crippen molar-refractivity contribution in [3.63, 3.8) is 0 Å². The number of nitrogens with one attached hydrogen (secondary N) is 1. The molecule has 2 aromatic carbocycles. The molecule has 9 heteroatoms. The number of ketones is 1. The van der Waals surface area contributed by atoms with Gasteiger partial charge in [0.05, 0.1) is 11.5 Å². The fraction of sp³-hybridized carbons (Fsp3) is 0.286. The number of aliphatic imine (C=N–C) groups is 1. The molecular formula is C21H22N2O6S. The first-order chi connectivity index (χ1) is 14.4. The Labute approximate surface area is 175 Å². The highest BCUT2D eigenvalue weighted by Gasteiger charge is 2.29. The zero-order valence-electron chi connectivity index (χ0n) is 16.5. The summed E-state index contributed by atoms with van der Waals surface area (Å²) in [7, 11) is -3.58. The monoisotopic (exact) mass is 430 g/mol. The normalized spacial score (nSPS) is 15.3. The molecule has 2 aromatic rings. The van der Waals surface area contributed by atoms with Crippen molar-refractivity contribution in [3.8, 4) is 5.75 Å². The number of nitrogens with zero attached hydrogens (tertiary/aromatic N) is 1. The van der Waals surface area contributed by atoms with Crippen molar-refractivity contribution in [2.24, 2.45) is 4.99 Å². The number of amidine groups is 1. The molecule has 1 aliphatic rings. The number of rotatable bonds is 9. The third kappa shape index (κ3) is 5.24. The molecule has 0 saturated heterocycles. The molecule has 0 spiro atoms. The van der Waals surface area contributed by atoms with Crippen LogP contribution in [0.15, 0.2) is 58.4 Å². The molecule has 1 aliphatic heterocycles. The highest BCUT2D eigenvalue weighted by molar-refractivity contribution is 7.90. The van der Waals surface area contributed by atoms with E-state index in [1.165, 1.54) is 6.07 Å². The van der Waals surface area contributed by atoms with E-state index in [9.17, 15) is 18.0 Å². The molecule has 30 heavy (non-hydrogen) atoms. The van der Waals surface area contributed by atoms with Gasteiger partial charge in [0.1, 0.15) is 11.6 Å². The number of benzene rings is 2. The molecule has 0 amide bonds. The standard InChI is InChI=1S/C21H22N2O6S/c1-2-28-16-11-9-15(10-12-16)18(24)14-29-20(25)8-5-13-22-21-17-6-3-4-7-19(17)30(26,27)23-21/h3-4,6-7,9-12H,2,5,8,13-14H2,1H3,(H,22,23). The van der Waals surface area contributed by atoms with E-state index in [0.717, 1.165) is 0 Å². The first-order valence-corrected chi connectivity index (χ1v) is 11.0. The topological polar surface area (TPSA) is 111 Å². The summed E-state index contributed by atoms with van der Waals surface area (Å²) in [5.41, 5.74) is 0.950. The van der Waals surface area contributed by atoms with E-state index >= 15 is 0 Å². The van der Waals surface area contributed by atoms with Crippen LogP contribution in [0.2, 0.25) is 0 Å². The van der Waals surface area contributed by atoms with Gasteiger partial charge in [0, 0.05) is 24.1 Å². The van der Waals surface area contributed by atoms with Gasteiger partial charge in [-0.2, -0.15) is 0 Å². The maximum absolute atomic E-state index is 12.1. The molecule has 0 aromatic heterocycles. The number of Topliss-reactive ketones (excluding diaryl/α,β-unsaturated/α-hetero) is 1. The Morgan fingerprint density at radius 2 is 1.80 bits per heavy atom. The minimum Gasteiger partial charge on any atom is -0.494 e. The second-order valence-electron chi connectivity index (χ2n) is 6.48. The van der Waals surface area contributed by atoms with Crippen LogP contribution in [0, 0.1) is 0 Å². The van der Waals surface area contributed by atoms with Crippen molar-refractivity contribution in [1.82, 2.24) is 4.72 Å². The molecule has 0 bridgehead atoms. The Hall–Kier alpha value is -3.20. The predicted molar refractivity (Wildman–Crippen MR) is 110 cm³/mol. The number of carbonyl (C=O) groups is 2. The van der Waals surface area contributed by atoms with E-state index in [1.54, 1.807) is 42.5 Å². The van der Waals surface area contributed by atoms with Gasteiger partial charge < -0.3 is 9.47 Å². The molecule has 1 heterocycles. The number of fused-ring (bicyclic) bond motifs is 1. The Bertz CT molecular complexity index is 1060. The molecular weight excluding hydrogens is 408 g/mol. The zero-order chi connectivity index (χ0) is 21.6. The SMILES string of the molecule is CCOc1ccc(C(=O)COC(=O)CCCN=C2NS(=O)(=O)c3ccccc32)cc1. The first-order valence-electron chi connectivity index (χ1n) is 9.49. The summed E-state index contributed by atoms with van der Waals surface area (Å²) in [6, 6.07) is 13.2. The Balaban J connectivity index is 1.43. The summed E-state index contributed by atoms with van der Waals surface area (Å²) in [5, 5.41) is 0. The molecule has 0 radical (unpaired) electrons. The lowest BCUT2D eigenvalue weighted by atomic mass is 10.1. The third-order valence-corrected chi connectivity index (χ3v) is 5.72. The van der Waals surface area contributed by atoms with Crippen molar-refractivity contribution in [2.45, 2.75) is 24.7 Å². The van der Waals surface area contributed by atoms with E-state index in [-0.39, 0.29) is 36.1 Å². The van der Waals surface area contributed by atoms with Gasteiger partial charge in [-0.15, -0.1) is 0 Å². The number of hydrogen-bond donors (Lipinski definition) is 1. The lowest BCUT2D eigenvalue weighted by Crippen LogP contribution is -2.22. The van der Waals surface area contributed by atoms with Gasteiger partial charge in [-0.25, -0.2) is 8.42 Å². The van der Waals surface area contributed by atoms with Crippen LogP contribution in [0.5, 0.6) is 5.75 Å². The van der Waals surface area contributed by atoms with E-state index < -0.39 is 16.0 Å². The van der Waals surface area contributed by atoms with Crippen molar-refractivity contribution >= 4 is 27.6 Å². The Morgan fingerprint density at radius 1 is 1.07 bits per heavy atom. The van der Waals surface area contributed by atoms with Crippen LogP contribution >= 0.6 is 0 Å². The third-order valence-electron chi connectivity index (χ3n) is 4.32. The number of carbonyl (C=O) groups excluding carboxylic acids is 2. The van der Waals surface area contributed by atoms with E-state index in [4.69, 9.17) is 9.47 Å². The molecule has 3 rings (SSSR count). The molecule has 1 N–H and O–H groups in total. The van der Waals surface area contributed by atoms with Gasteiger partial charge in [-0.05, 0) is 49.7 Å². The fourth-order valence-electron chi connectivity index (χ4n) is 2.87. The lowest BCUT2D eigenvalue weighted by Gasteiger charge is -2.06. The van der Waals surface area contributed by atoms with Crippen molar-refractivity contribution in [2.75, 3.05) is 19.8 Å². The van der Waals surface area contributed by atoms with Gasteiger partial charge >= 0.3 is 5.97 Å². The van der Waals surface area contributed by atoms with Crippen LogP contribution in [-0.4, -0.2) is 45.8 Å². The van der Waals surface area contributed by atoms with Crippen LogP contribution in [0.1, 0.15) is 35.7 Å². The average molecular weight is 430 g/mol. The predicted octanol–water partition coefficient (Wildman–Crippen LogP) is 2.33. The summed E-state index contributed by atoms with van der Waals surface area (Å²) >= 11 is 0. The Morgan fingerprint density at radius 3 is 2.53 bits per heavy atom. The molecule has 0 aliphatic carbocycles. The van der Waals surface area contributed by atoms with Crippen molar-refractivity contribution < 1.29 is 27.5 Å². The van der Waals surface area contributed by atoms with E-state index in [1.807, 2.05) is 6.92 Å². The average Bonchev–Trinajstić information content (AvgIpc) is 3.00. The smallest absolute Gasteiger partial charge is 0.306 e. The van der Waals surface area contributed by atoms with Crippen LogP contribution in [0.25, 0.3) is 0 Å². The van der Waals surface area contributed by atoms with Gasteiger partial charge in [-0.3, -0.25) is 19.3 Å². The molecule has 0 fully saturated rings. The quantitative estimate of drug-likeness (QED) is 0.371. The highest BCUT2D eigenvalue weighted by Crippen LogP contribution is 2.22. The summed E-state index contributed by atoms with van der Waals surface area (Å²) in [5.74, 6) is 0.120. The minimum atomic E-state index is -3.58. The second kappa shape index (κ2) is 9.53. The zero-order valence-corrected chi connectivity index (χ0v) is 17.3. The van der Waals surface area contributed by atoms with E-state index in [2.05, 4.69) is 9.71 Å². The number of hydrogen-bond acceptors (Lipinski definition) is 7. The molecule has 0 atom stereocenters.